The van der Waals surface area contributed by atoms with E-state index in [1.807, 2.05) is 34.1 Å². The van der Waals surface area contributed by atoms with Crippen molar-refractivity contribution in [1.82, 2.24) is 24.9 Å². The molecule has 2 aromatic rings. The molecular formula is C35H48N6O6. The van der Waals surface area contributed by atoms with Gasteiger partial charge in [-0.2, -0.15) is 0 Å². The number of rotatable bonds is 7. The number of para-hydroxylation sites is 1. The summed E-state index contributed by atoms with van der Waals surface area (Å²) in [4.78, 5) is 48.5. The zero-order chi connectivity index (χ0) is 32.9. The van der Waals surface area contributed by atoms with Crippen LogP contribution in [0.5, 0.6) is 11.5 Å². The first-order chi connectivity index (χ1) is 22.8. The molecule has 3 N–H and O–H groups in total. The van der Waals surface area contributed by atoms with Crippen molar-refractivity contribution in [1.29, 1.82) is 0 Å². The highest BCUT2D eigenvalue weighted by molar-refractivity contribution is 5.91. The van der Waals surface area contributed by atoms with E-state index in [2.05, 4.69) is 15.5 Å². The Morgan fingerprint density at radius 2 is 1.66 bits per heavy atom. The van der Waals surface area contributed by atoms with Crippen LogP contribution in [-0.4, -0.2) is 127 Å². The van der Waals surface area contributed by atoms with Gasteiger partial charge in [-0.15, -0.1) is 0 Å². The Bertz CT molecular complexity index is 1430. The predicted octanol–water partition coefficient (Wildman–Crippen LogP) is 3.21. The molecule has 1 unspecified atom stereocenters. The number of nitrogens with zero attached hydrogens (tertiary/aromatic N) is 4. The molecule has 0 spiro atoms. The van der Waals surface area contributed by atoms with E-state index in [1.54, 1.807) is 24.0 Å². The molecule has 4 aliphatic rings. The number of piperazine rings is 1. The number of amides is 4. The fraction of sp³-hybridized carbons (Fsp3) is 0.571. The summed E-state index contributed by atoms with van der Waals surface area (Å²) in [6.07, 6.45) is 2.89. The zero-order valence-electron chi connectivity index (χ0n) is 27.6. The van der Waals surface area contributed by atoms with Gasteiger partial charge in [-0.25, -0.2) is 9.59 Å². The molecule has 1 atom stereocenters. The molecular weight excluding hydrogens is 600 g/mol. The first-order valence-corrected chi connectivity index (χ1v) is 17.0. The van der Waals surface area contributed by atoms with E-state index in [9.17, 15) is 19.5 Å². The highest BCUT2D eigenvalue weighted by Crippen LogP contribution is 2.32. The Morgan fingerprint density at radius 1 is 0.936 bits per heavy atom. The molecule has 12 nitrogen and oxygen atoms in total. The number of piperidine rings is 2. The first-order valence-electron chi connectivity index (χ1n) is 17.0. The van der Waals surface area contributed by atoms with Gasteiger partial charge in [0.2, 0.25) is 0 Å². The third-order valence-electron chi connectivity index (χ3n) is 10.2. The maximum atomic E-state index is 14.0. The summed E-state index contributed by atoms with van der Waals surface area (Å²) in [6, 6.07) is 11.8. The third-order valence-corrected chi connectivity index (χ3v) is 10.2. The van der Waals surface area contributed by atoms with E-state index in [4.69, 9.17) is 9.47 Å². The molecule has 0 radical (unpaired) electrons. The lowest BCUT2D eigenvalue weighted by molar-refractivity contribution is -0.143. The minimum absolute atomic E-state index is 0.00877. The average Bonchev–Trinajstić information content (AvgIpc) is 3.27. The number of ether oxygens (including phenoxy) is 2. The number of aryl methyl sites for hydroxylation is 1. The van der Waals surface area contributed by atoms with Gasteiger partial charge in [0.1, 0.15) is 0 Å². The molecule has 2 aromatic carbocycles. The second kappa shape index (κ2) is 14.8. The standard InChI is InChI=1S/C35H48N6O6/c1-24-21-25(22-30(46-2)32(24)42)23-31(33(43)39-19-17-38(18-20-39)27-7-12-36-13-8-27)47-35(45)40-14-10-28(11-15-40)41-16-9-26-5-3-4-6-29(26)37-34(41)44/h3-6,21-22,27-28,31,36,42H,7-20,23H2,1-2H3,(H,37,44). The normalized spacial score (nSPS) is 20.6. The summed E-state index contributed by atoms with van der Waals surface area (Å²) in [5.74, 6) is 0.162. The predicted molar refractivity (Wildman–Crippen MR) is 178 cm³/mol. The summed E-state index contributed by atoms with van der Waals surface area (Å²) >= 11 is 0. The lowest BCUT2D eigenvalue weighted by Crippen LogP contribution is -2.56. The van der Waals surface area contributed by atoms with Gasteiger partial charge in [0.15, 0.2) is 17.6 Å². The van der Waals surface area contributed by atoms with Crippen molar-refractivity contribution < 1.29 is 29.0 Å². The van der Waals surface area contributed by atoms with E-state index >= 15 is 0 Å². The molecule has 6 rings (SSSR count). The van der Waals surface area contributed by atoms with E-state index < -0.39 is 12.2 Å². The van der Waals surface area contributed by atoms with Gasteiger partial charge in [-0.3, -0.25) is 9.69 Å². The van der Waals surface area contributed by atoms with E-state index in [0.29, 0.717) is 62.9 Å². The van der Waals surface area contributed by atoms with Crippen LogP contribution in [0.1, 0.15) is 42.4 Å². The summed E-state index contributed by atoms with van der Waals surface area (Å²) in [6.45, 7) is 8.07. The second-order valence-corrected chi connectivity index (χ2v) is 13.1. The molecule has 0 saturated carbocycles. The van der Waals surface area contributed by atoms with Gasteiger partial charge >= 0.3 is 12.1 Å². The zero-order valence-corrected chi connectivity index (χ0v) is 27.6. The smallest absolute Gasteiger partial charge is 0.410 e. The Labute approximate surface area is 277 Å². The number of fused-ring (bicyclic) bond motifs is 1. The quantitative estimate of drug-likeness (QED) is 0.418. The van der Waals surface area contributed by atoms with E-state index in [1.165, 1.54) is 7.11 Å². The third kappa shape index (κ3) is 7.59. The highest BCUT2D eigenvalue weighted by atomic mass is 16.6. The number of anilines is 1. The largest absolute Gasteiger partial charge is 0.504 e. The number of carbonyl (C=O) groups is 3. The highest BCUT2D eigenvalue weighted by Gasteiger charge is 2.36. The van der Waals surface area contributed by atoms with E-state index in [0.717, 1.165) is 62.3 Å². The van der Waals surface area contributed by atoms with Crippen LogP contribution < -0.4 is 15.4 Å². The van der Waals surface area contributed by atoms with Gasteiger partial charge in [0.25, 0.3) is 5.91 Å². The number of likely N-dealkylation sites (tertiary alicyclic amines) is 1. The fourth-order valence-corrected chi connectivity index (χ4v) is 7.46. The lowest BCUT2D eigenvalue weighted by Gasteiger charge is -2.41. The van der Waals surface area contributed by atoms with Crippen molar-refractivity contribution in [2.24, 2.45) is 0 Å². The van der Waals surface area contributed by atoms with Crippen molar-refractivity contribution in [3.05, 3.63) is 53.1 Å². The van der Waals surface area contributed by atoms with Crippen LogP contribution in [0.4, 0.5) is 15.3 Å². The molecule has 4 heterocycles. The molecule has 3 fully saturated rings. The number of nitrogens with one attached hydrogen (secondary N) is 2. The number of aromatic hydroxyl groups is 1. The van der Waals surface area contributed by atoms with Gasteiger partial charge in [-0.05, 0) is 80.9 Å². The Kier molecular flexibility index (Phi) is 10.4. The van der Waals surface area contributed by atoms with Crippen LogP contribution in [-0.2, 0) is 22.4 Å². The topological polar surface area (TPSA) is 127 Å². The monoisotopic (exact) mass is 648 g/mol. The van der Waals surface area contributed by atoms with Crippen molar-refractivity contribution in [2.75, 3.05) is 71.3 Å². The van der Waals surface area contributed by atoms with E-state index in [-0.39, 0.29) is 30.2 Å². The maximum Gasteiger partial charge on any atom is 0.410 e. The molecule has 0 bridgehead atoms. The SMILES string of the molecule is COc1cc(CC(OC(=O)N2CCC(N3CCc4ccccc4NC3=O)CC2)C(=O)N2CCN(C3CCNCC3)CC2)cc(C)c1O. The maximum absolute atomic E-state index is 14.0. The number of phenolic OH excluding ortho intramolecular Hbond substituents is 1. The fourth-order valence-electron chi connectivity index (χ4n) is 7.46. The van der Waals surface area contributed by atoms with Crippen molar-refractivity contribution in [3.8, 4) is 11.5 Å². The number of phenols is 1. The van der Waals surface area contributed by atoms with Crippen LogP contribution in [0, 0.1) is 6.92 Å². The van der Waals surface area contributed by atoms with Crippen molar-refractivity contribution >= 4 is 23.7 Å². The molecule has 254 valence electrons. The van der Waals surface area contributed by atoms with Crippen LogP contribution in [0.3, 0.4) is 0 Å². The molecule has 12 heteroatoms. The van der Waals surface area contributed by atoms with Gasteiger partial charge in [0, 0.05) is 70.0 Å². The van der Waals surface area contributed by atoms with Crippen molar-refractivity contribution in [3.63, 3.8) is 0 Å². The van der Waals surface area contributed by atoms with Crippen molar-refractivity contribution in [2.45, 2.75) is 63.6 Å². The summed E-state index contributed by atoms with van der Waals surface area (Å²) < 4.78 is 11.4. The molecule has 0 aromatic heterocycles. The summed E-state index contributed by atoms with van der Waals surface area (Å²) in [5.41, 5.74) is 3.33. The number of carbonyl (C=O) groups excluding carboxylic acids is 3. The Hall–Kier alpha value is -4.03. The average molecular weight is 649 g/mol. The molecule has 4 aliphatic heterocycles. The Balaban J connectivity index is 1.10. The molecule has 3 saturated heterocycles. The number of methoxy groups -OCH3 is 1. The molecule has 0 aliphatic carbocycles. The van der Waals surface area contributed by atoms with Gasteiger partial charge in [0.05, 0.1) is 7.11 Å². The number of hydrogen-bond acceptors (Lipinski definition) is 8. The second-order valence-electron chi connectivity index (χ2n) is 13.1. The Morgan fingerprint density at radius 3 is 2.38 bits per heavy atom. The number of hydrogen-bond donors (Lipinski definition) is 3. The summed E-state index contributed by atoms with van der Waals surface area (Å²) in [5, 5.41) is 16.8. The van der Waals surface area contributed by atoms with Crippen LogP contribution in [0.25, 0.3) is 0 Å². The molecule has 47 heavy (non-hydrogen) atoms. The lowest BCUT2D eigenvalue weighted by atomic mass is 10.0. The minimum Gasteiger partial charge on any atom is -0.504 e. The van der Waals surface area contributed by atoms with Crippen LogP contribution in [0.15, 0.2) is 36.4 Å². The number of urea groups is 1. The number of benzene rings is 2. The molecule has 4 amide bonds. The van der Waals surface area contributed by atoms with Gasteiger partial charge in [-0.1, -0.05) is 24.3 Å². The van der Waals surface area contributed by atoms with Gasteiger partial charge < -0.3 is 39.9 Å². The van der Waals surface area contributed by atoms with Crippen LogP contribution in [0.2, 0.25) is 0 Å². The van der Waals surface area contributed by atoms with Crippen LogP contribution >= 0.6 is 0 Å². The minimum atomic E-state index is -1.02. The summed E-state index contributed by atoms with van der Waals surface area (Å²) in [7, 11) is 1.49. The first kappa shape index (κ1) is 32.9.